The Balaban J connectivity index is 1.80. The first-order valence-electron chi connectivity index (χ1n) is 7.24. The molecule has 3 rings (SSSR count). The minimum absolute atomic E-state index is 0.215. The molecule has 0 saturated carbocycles. The molecule has 0 aliphatic carbocycles. The number of nitrogen functional groups attached to an aromatic ring is 1. The molecule has 0 aliphatic rings. The smallest absolute Gasteiger partial charge is 0.261 e. The van der Waals surface area contributed by atoms with Gasteiger partial charge in [-0.05, 0) is 23.3 Å². The van der Waals surface area contributed by atoms with Gasteiger partial charge in [-0.15, -0.1) is 0 Å². The predicted molar refractivity (Wildman–Crippen MR) is 95.4 cm³/mol. The van der Waals surface area contributed by atoms with E-state index in [9.17, 15) is 4.79 Å². The van der Waals surface area contributed by atoms with E-state index in [-0.39, 0.29) is 11.4 Å². The van der Waals surface area contributed by atoms with Crippen molar-refractivity contribution in [3.8, 4) is 17.2 Å². The molecule has 0 amide bonds. The summed E-state index contributed by atoms with van der Waals surface area (Å²) in [6, 6.07) is 18.6. The summed E-state index contributed by atoms with van der Waals surface area (Å²) in [7, 11) is 0. The Kier molecular flexibility index (Phi) is 4.64. The SMILES string of the molecule is N#Cc1ccc(CSc2nc(N)c(-c3ccccc3)c(=O)[nH]2)cc1. The summed E-state index contributed by atoms with van der Waals surface area (Å²) < 4.78 is 0. The van der Waals surface area contributed by atoms with Gasteiger partial charge < -0.3 is 10.7 Å². The molecule has 0 spiro atoms. The first kappa shape index (κ1) is 15.8. The van der Waals surface area contributed by atoms with Gasteiger partial charge in [0.25, 0.3) is 5.56 Å². The van der Waals surface area contributed by atoms with Crippen molar-refractivity contribution in [3.05, 3.63) is 76.1 Å². The van der Waals surface area contributed by atoms with Gasteiger partial charge in [0, 0.05) is 5.75 Å². The van der Waals surface area contributed by atoms with Crippen molar-refractivity contribution in [2.75, 3.05) is 5.73 Å². The van der Waals surface area contributed by atoms with Gasteiger partial charge in [0.1, 0.15) is 5.82 Å². The number of aromatic nitrogens is 2. The largest absolute Gasteiger partial charge is 0.383 e. The van der Waals surface area contributed by atoms with Crippen LogP contribution in [-0.4, -0.2) is 9.97 Å². The minimum Gasteiger partial charge on any atom is -0.383 e. The average Bonchev–Trinajstić information content (AvgIpc) is 2.61. The number of hydrogen-bond acceptors (Lipinski definition) is 5. The highest BCUT2D eigenvalue weighted by Crippen LogP contribution is 2.24. The maximum Gasteiger partial charge on any atom is 0.261 e. The molecule has 1 aromatic heterocycles. The number of benzene rings is 2. The van der Waals surface area contributed by atoms with Crippen LogP contribution in [0, 0.1) is 11.3 Å². The number of nitrogens with zero attached hydrogens (tertiary/aromatic N) is 2. The highest BCUT2D eigenvalue weighted by molar-refractivity contribution is 7.98. The molecule has 3 aromatic rings. The third-order valence-electron chi connectivity index (χ3n) is 3.45. The summed E-state index contributed by atoms with van der Waals surface area (Å²) in [5.74, 6) is 0.839. The predicted octanol–water partition coefficient (Wildman–Crippen LogP) is 3.18. The van der Waals surface area contributed by atoms with Crippen LogP contribution in [0.1, 0.15) is 11.1 Å². The van der Waals surface area contributed by atoms with E-state index in [4.69, 9.17) is 11.0 Å². The van der Waals surface area contributed by atoms with Crippen LogP contribution in [0.5, 0.6) is 0 Å². The molecule has 0 atom stereocenters. The normalized spacial score (nSPS) is 10.3. The van der Waals surface area contributed by atoms with Gasteiger partial charge >= 0.3 is 0 Å². The maximum atomic E-state index is 12.3. The molecule has 6 heteroatoms. The number of nitrogens with one attached hydrogen (secondary N) is 1. The van der Waals surface area contributed by atoms with Crippen LogP contribution in [0.3, 0.4) is 0 Å². The monoisotopic (exact) mass is 334 g/mol. The summed E-state index contributed by atoms with van der Waals surface area (Å²) in [6.45, 7) is 0. The third kappa shape index (κ3) is 3.47. The van der Waals surface area contributed by atoms with E-state index in [2.05, 4.69) is 16.0 Å². The zero-order valence-corrected chi connectivity index (χ0v) is 13.5. The molecule has 0 bridgehead atoms. The lowest BCUT2D eigenvalue weighted by molar-refractivity contribution is 0.948. The molecule has 0 radical (unpaired) electrons. The molecule has 118 valence electrons. The summed E-state index contributed by atoms with van der Waals surface area (Å²) in [4.78, 5) is 19.4. The van der Waals surface area contributed by atoms with E-state index in [0.29, 0.717) is 22.0 Å². The fraction of sp³-hybridized carbons (Fsp3) is 0.0556. The Labute approximate surface area is 143 Å². The van der Waals surface area contributed by atoms with Gasteiger partial charge in [0.2, 0.25) is 0 Å². The zero-order chi connectivity index (χ0) is 16.9. The zero-order valence-electron chi connectivity index (χ0n) is 12.7. The summed E-state index contributed by atoms with van der Waals surface area (Å²) in [6.07, 6.45) is 0. The highest BCUT2D eigenvalue weighted by atomic mass is 32.2. The van der Waals surface area contributed by atoms with Gasteiger partial charge in [-0.25, -0.2) is 4.98 Å². The molecule has 0 aliphatic heterocycles. The third-order valence-corrected chi connectivity index (χ3v) is 4.39. The van der Waals surface area contributed by atoms with Gasteiger partial charge in [-0.3, -0.25) is 4.79 Å². The Hall–Kier alpha value is -3.04. The lowest BCUT2D eigenvalue weighted by atomic mass is 10.1. The molecule has 0 unspecified atom stereocenters. The molecule has 24 heavy (non-hydrogen) atoms. The lowest BCUT2D eigenvalue weighted by Gasteiger charge is -2.07. The van der Waals surface area contributed by atoms with Crippen LogP contribution in [0.2, 0.25) is 0 Å². The van der Waals surface area contributed by atoms with Gasteiger partial charge in [-0.2, -0.15) is 5.26 Å². The van der Waals surface area contributed by atoms with Crippen LogP contribution in [0.4, 0.5) is 5.82 Å². The number of nitrogens with two attached hydrogens (primary N) is 1. The average molecular weight is 334 g/mol. The van der Waals surface area contributed by atoms with Crippen molar-refractivity contribution in [2.24, 2.45) is 0 Å². The van der Waals surface area contributed by atoms with E-state index in [0.717, 1.165) is 11.1 Å². The number of rotatable bonds is 4. The number of aromatic amines is 1. The van der Waals surface area contributed by atoms with Crippen LogP contribution < -0.4 is 11.3 Å². The van der Waals surface area contributed by atoms with Gasteiger partial charge in [0.15, 0.2) is 5.16 Å². The maximum absolute atomic E-state index is 12.3. The Morgan fingerprint density at radius 3 is 2.46 bits per heavy atom. The van der Waals surface area contributed by atoms with Crippen molar-refractivity contribution in [1.82, 2.24) is 9.97 Å². The fourth-order valence-electron chi connectivity index (χ4n) is 2.25. The van der Waals surface area contributed by atoms with E-state index in [1.165, 1.54) is 11.8 Å². The molecule has 1 heterocycles. The van der Waals surface area contributed by atoms with Gasteiger partial charge in [-0.1, -0.05) is 54.2 Å². The molecular weight excluding hydrogens is 320 g/mol. The van der Waals surface area contributed by atoms with Crippen LogP contribution >= 0.6 is 11.8 Å². The second kappa shape index (κ2) is 7.02. The van der Waals surface area contributed by atoms with E-state index >= 15 is 0 Å². The molecular formula is C18H14N4OS. The van der Waals surface area contributed by atoms with Crippen LogP contribution in [0.25, 0.3) is 11.1 Å². The van der Waals surface area contributed by atoms with Crippen molar-refractivity contribution in [2.45, 2.75) is 10.9 Å². The second-order valence-corrected chi connectivity index (χ2v) is 6.06. The molecule has 3 N–H and O–H groups in total. The number of hydrogen-bond donors (Lipinski definition) is 2. The first-order valence-corrected chi connectivity index (χ1v) is 8.23. The summed E-state index contributed by atoms with van der Waals surface area (Å²) >= 11 is 1.39. The topological polar surface area (TPSA) is 95.6 Å². The molecule has 0 saturated heterocycles. The van der Waals surface area contributed by atoms with Gasteiger partial charge in [0.05, 0.1) is 17.2 Å². The Morgan fingerprint density at radius 1 is 1.12 bits per heavy atom. The summed E-state index contributed by atoms with van der Waals surface area (Å²) in [5.41, 5.74) is 8.51. The minimum atomic E-state index is -0.254. The van der Waals surface area contributed by atoms with E-state index in [1.54, 1.807) is 12.1 Å². The fourth-order valence-corrected chi connectivity index (χ4v) is 3.07. The number of anilines is 1. The quantitative estimate of drug-likeness (QED) is 0.564. The molecule has 5 nitrogen and oxygen atoms in total. The molecule has 0 fully saturated rings. The van der Waals surface area contributed by atoms with Crippen molar-refractivity contribution >= 4 is 17.6 Å². The number of H-pyrrole nitrogens is 1. The summed E-state index contributed by atoms with van der Waals surface area (Å²) in [5, 5.41) is 9.27. The number of nitriles is 1. The van der Waals surface area contributed by atoms with Crippen molar-refractivity contribution in [1.29, 1.82) is 5.26 Å². The Morgan fingerprint density at radius 2 is 1.83 bits per heavy atom. The first-order chi connectivity index (χ1) is 11.7. The van der Waals surface area contributed by atoms with Crippen molar-refractivity contribution < 1.29 is 0 Å². The van der Waals surface area contributed by atoms with E-state index < -0.39 is 0 Å². The van der Waals surface area contributed by atoms with Crippen molar-refractivity contribution in [3.63, 3.8) is 0 Å². The lowest BCUT2D eigenvalue weighted by Crippen LogP contribution is -2.15. The number of thioether (sulfide) groups is 1. The molecule has 2 aromatic carbocycles. The van der Waals surface area contributed by atoms with E-state index in [1.807, 2.05) is 42.5 Å². The standard InChI is InChI=1S/C18H14N4OS/c19-10-12-6-8-13(9-7-12)11-24-18-21-16(20)15(17(23)22-18)14-4-2-1-3-5-14/h1-9H,11H2,(H3,20,21,22,23). The Bertz CT molecular complexity index is 943. The van der Waals surface area contributed by atoms with Crippen LogP contribution in [0.15, 0.2) is 64.5 Å². The highest BCUT2D eigenvalue weighted by Gasteiger charge is 2.11. The second-order valence-electron chi connectivity index (χ2n) is 5.09. The van der Waals surface area contributed by atoms with Crippen LogP contribution in [-0.2, 0) is 5.75 Å².